The highest BCUT2D eigenvalue weighted by molar-refractivity contribution is 6.25. The van der Waals surface area contributed by atoms with Gasteiger partial charge in [-0.05, 0) is 12.1 Å². The summed E-state index contributed by atoms with van der Waals surface area (Å²) >= 11 is 5.43. The molecule has 0 spiro atoms. The lowest BCUT2D eigenvalue weighted by atomic mass is 10.3. The average Bonchev–Trinajstić information content (AvgIpc) is 2.58. The maximum Gasteiger partial charge on any atom is 0.113 e. The summed E-state index contributed by atoms with van der Waals surface area (Å²) in [4.78, 5) is 0. The predicted molar refractivity (Wildman–Crippen MR) is 52.5 cm³/mol. The molecule has 0 fully saturated rings. The maximum atomic E-state index is 5.43. The Morgan fingerprint density at radius 3 is 3.08 bits per heavy atom. The Balaban J connectivity index is 2.45. The summed E-state index contributed by atoms with van der Waals surface area (Å²) in [5, 5.41) is 8.00. The molecule has 0 N–H and O–H groups in total. The Bertz CT molecular complexity index is 433. The van der Waals surface area contributed by atoms with Crippen LogP contribution in [0.2, 0.25) is 0 Å². The quantitative estimate of drug-likeness (QED) is 0.732. The van der Waals surface area contributed by atoms with E-state index >= 15 is 0 Å². The minimum atomic E-state index is 0.657. The van der Waals surface area contributed by atoms with Crippen LogP contribution in [0.5, 0.6) is 0 Å². The second kappa shape index (κ2) is 3.58. The van der Waals surface area contributed by atoms with E-state index in [0.717, 1.165) is 11.0 Å². The fourth-order valence-corrected chi connectivity index (χ4v) is 1.27. The first-order valence-corrected chi connectivity index (χ1v) is 4.39. The summed E-state index contributed by atoms with van der Waals surface area (Å²) in [5.74, 6) is 0. The number of aromatic nitrogens is 3. The summed E-state index contributed by atoms with van der Waals surface area (Å²) in [6.45, 7) is 0.657. The van der Waals surface area contributed by atoms with Crippen LogP contribution >= 0.6 is 11.6 Å². The fraction of sp³-hybridized carbons (Fsp3) is 0.111. The molecule has 0 unspecified atom stereocenters. The molecule has 0 atom stereocenters. The van der Waals surface area contributed by atoms with E-state index in [1.807, 2.05) is 30.3 Å². The first-order chi connectivity index (χ1) is 6.42. The van der Waals surface area contributed by atoms with Gasteiger partial charge in [0.1, 0.15) is 5.52 Å². The van der Waals surface area contributed by atoms with Crippen LogP contribution in [0.1, 0.15) is 0 Å². The van der Waals surface area contributed by atoms with Crippen LogP contribution in [0.4, 0.5) is 0 Å². The van der Waals surface area contributed by atoms with Crippen LogP contribution in [0, 0.1) is 0 Å². The normalized spacial score (nSPS) is 11.5. The third-order valence-corrected chi connectivity index (χ3v) is 1.97. The lowest BCUT2D eigenvalue weighted by Crippen LogP contribution is -1.96. The smallest absolute Gasteiger partial charge is 0.113 e. The molecule has 0 amide bonds. The van der Waals surface area contributed by atoms with Crippen molar-refractivity contribution >= 4 is 22.6 Å². The molecule has 0 saturated heterocycles. The van der Waals surface area contributed by atoms with Gasteiger partial charge in [-0.3, -0.25) is 0 Å². The molecule has 0 radical (unpaired) electrons. The van der Waals surface area contributed by atoms with Crippen molar-refractivity contribution in [1.29, 1.82) is 0 Å². The van der Waals surface area contributed by atoms with Crippen molar-refractivity contribution < 1.29 is 0 Å². The van der Waals surface area contributed by atoms with Gasteiger partial charge in [-0.1, -0.05) is 35.0 Å². The van der Waals surface area contributed by atoms with Gasteiger partial charge in [-0.2, -0.15) is 0 Å². The second-order valence-electron chi connectivity index (χ2n) is 2.62. The topological polar surface area (TPSA) is 30.7 Å². The zero-order valence-electron chi connectivity index (χ0n) is 6.89. The van der Waals surface area contributed by atoms with Gasteiger partial charge in [0.2, 0.25) is 0 Å². The Hall–Kier alpha value is -1.35. The number of fused-ring (bicyclic) bond motifs is 1. The Morgan fingerprint density at radius 1 is 1.38 bits per heavy atom. The molecular formula is C9H8ClN3. The summed E-state index contributed by atoms with van der Waals surface area (Å²) in [7, 11) is 0. The van der Waals surface area contributed by atoms with Gasteiger partial charge in [-0.15, -0.1) is 5.10 Å². The van der Waals surface area contributed by atoms with Crippen molar-refractivity contribution in [3.8, 4) is 0 Å². The number of rotatable bonds is 2. The van der Waals surface area contributed by atoms with Crippen LogP contribution in [-0.2, 0) is 6.54 Å². The third kappa shape index (κ3) is 1.55. The number of para-hydroxylation sites is 1. The standard InChI is InChI=1S/C9H8ClN3/c10-6-3-7-13-9-5-2-1-4-8(9)11-12-13/h1-6H,7H2/b6-3-. The van der Waals surface area contributed by atoms with Gasteiger partial charge >= 0.3 is 0 Å². The fourth-order valence-electron chi connectivity index (χ4n) is 1.19. The predicted octanol–water partition coefficient (Wildman–Crippen LogP) is 2.18. The molecule has 66 valence electrons. The van der Waals surface area contributed by atoms with Crippen LogP contribution in [0.25, 0.3) is 11.0 Å². The first kappa shape index (κ1) is 8.26. The molecule has 0 aliphatic carbocycles. The zero-order valence-corrected chi connectivity index (χ0v) is 7.65. The SMILES string of the molecule is Cl/C=C\Cn1nnc2ccccc21. The Labute approximate surface area is 80.6 Å². The summed E-state index contributed by atoms with van der Waals surface area (Å²) in [6.07, 6.45) is 1.82. The third-order valence-electron chi connectivity index (χ3n) is 1.79. The van der Waals surface area contributed by atoms with Crippen molar-refractivity contribution in [2.24, 2.45) is 0 Å². The van der Waals surface area contributed by atoms with E-state index in [1.165, 1.54) is 5.54 Å². The highest BCUT2D eigenvalue weighted by Crippen LogP contribution is 2.09. The molecule has 1 aromatic heterocycles. The van der Waals surface area contributed by atoms with E-state index in [1.54, 1.807) is 4.68 Å². The molecular weight excluding hydrogens is 186 g/mol. The maximum absolute atomic E-state index is 5.43. The lowest BCUT2D eigenvalue weighted by molar-refractivity contribution is 0.683. The van der Waals surface area contributed by atoms with Crippen LogP contribution in [0.15, 0.2) is 35.9 Å². The molecule has 2 rings (SSSR count). The number of hydrogen-bond acceptors (Lipinski definition) is 2. The molecule has 0 bridgehead atoms. The van der Waals surface area contributed by atoms with Crippen molar-refractivity contribution in [2.75, 3.05) is 0 Å². The minimum absolute atomic E-state index is 0.657. The van der Waals surface area contributed by atoms with Gasteiger partial charge < -0.3 is 0 Å². The molecule has 0 aliphatic rings. The lowest BCUT2D eigenvalue weighted by Gasteiger charge is -1.94. The second-order valence-corrected chi connectivity index (χ2v) is 2.87. The van der Waals surface area contributed by atoms with E-state index in [-0.39, 0.29) is 0 Å². The van der Waals surface area contributed by atoms with E-state index in [0.29, 0.717) is 6.54 Å². The molecule has 0 aliphatic heterocycles. The van der Waals surface area contributed by atoms with Crippen molar-refractivity contribution in [2.45, 2.75) is 6.54 Å². The van der Waals surface area contributed by atoms with Gasteiger partial charge in [0, 0.05) is 5.54 Å². The molecule has 4 heteroatoms. The highest BCUT2D eigenvalue weighted by atomic mass is 35.5. The first-order valence-electron chi connectivity index (χ1n) is 3.95. The van der Waals surface area contributed by atoms with Gasteiger partial charge in [0.05, 0.1) is 12.1 Å². The van der Waals surface area contributed by atoms with Gasteiger partial charge in [0.25, 0.3) is 0 Å². The number of nitrogens with zero attached hydrogens (tertiary/aromatic N) is 3. The van der Waals surface area contributed by atoms with E-state index in [4.69, 9.17) is 11.6 Å². The monoisotopic (exact) mass is 193 g/mol. The summed E-state index contributed by atoms with van der Waals surface area (Å²) in [5.41, 5.74) is 3.42. The van der Waals surface area contributed by atoms with Crippen LogP contribution in [0.3, 0.4) is 0 Å². The largest absolute Gasteiger partial charge is 0.241 e. The molecule has 2 aromatic rings. The molecule has 1 heterocycles. The van der Waals surface area contributed by atoms with Crippen LogP contribution in [-0.4, -0.2) is 15.0 Å². The molecule has 13 heavy (non-hydrogen) atoms. The number of halogens is 1. The van der Waals surface area contributed by atoms with Crippen molar-refractivity contribution in [3.05, 3.63) is 35.9 Å². The summed E-state index contributed by atoms with van der Waals surface area (Å²) < 4.78 is 1.80. The molecule has 1 aromatic carbocycles. The highest BCUT2D eigenvalue weighted by Gasteiger charge is 1.99. The number of benzene rings is 1. The van der Waals surface area contributed by atoms with E-state index < -0.39 is 0 Å². The van der Waals surface area contributed by atoms with E-state index in [9.17, 15) is 0 Å². The number of hydrogen-bond donors (Lipinski definition) is 0. The van der Waals surface area contributed by atoms with E-state index in [2.05, 4.69) is 10.3 Å². The average molecular weight is 194 g/mol. The van der Waals surface area contributed by atoms with Crippen molar-refractivity contribution in [1.82, 2.24) is 15.0 Å². The summed E-state index contributed by atoms with van der Waals surface area (Å²) in [6, 6.07) is 7.83. The number of allylic oxidation sites excluding steroid dienone is 1. The Kier molecular flexibility index (Phi) is 2.27. The van der Waals surface area contributed by atoms with Crippen LogP contribution < -0.4 is 0 Å². The van der Waals surface area contributed by atoms with Gasteiger partial charge in [0.15, 0.2) is 0 Å². The van der Waals surface area contributed by atoms with Gasteiger partial charge in [-0.25, -0.2) is 4.68 Å². The minimum Gasteiger partial charge on any atom is -0.241 e. The Morgan fingerprint density at radius 2 is 2.23 bits per heavy atom. The molecule has 0 saturated carbocycles. The zero-order chi connectivity index (χ0) is 9.10. The molecule has 3 nitrogen and oxygen atoms in total. The van der Waals surface area contributed by atoms with Crippen molar-refractivity contribution in [3.63, 3.8) is 0 Å².